The van der Waals surface area contributed by atoms with Gasteiger partial charge in [0.1, 0.15) is 5.82 Å². The summed E-state index contributed by atoms with van der Waals surface area (Å²) in [5, 5.41) is 23.9. The molecular weight excluding hydrogens is 208 g/mol. The quantitative estimate of drug-likeness (QED) is 0.545. The summed E-state index contributed by atoms with van der Waals surface area (Å²) in [6.07, 6.45) is 0.926. The van der Waals surface area contributed by atoms with Crippen molar-refractivity contribution in [2.45, 2.75) is 20.0 Å². The van der Waals surface area contributed by atoms with Gasteiger partial charge < -0.3 is 20.8 Å². The van der Waals surface area contributed by atoms with Crippen molar-refractivity contribution in [3.63, 3.8) is 0 Å². The van der Waals surface area contributed by atoms with Crippen LogP contribution in [0, 0.1) is 6.92 Å². The molecule has 0 spiro atoms. The van der Waals surface area contributed by atoms with Crippen LogP contribution in [0.15, 0.2) is 6.20 Å². The highest BCUT2D eigenvalue weighted by atomic mass is 16.3. The second kappa shape index (κ2) is 6.24. The van der Waals surface area contributed by atoms with E-state index < -0.39 is 6.10 Å². The predicted molar refractivity (Wildman–Crippen MR) is 62.5 cm³/mol. The van der Waals surface area contributed by atoms with Crippen molar-refractivity contribution >= 4 is 11.8 Å². The molecule has 0 aliphatic carbocycles. The largest absolute Gasteiger partial charge is 0.394 e. The number of nitrogens with one attached hydrogen (secondary N) is 2. The molecule has 1 heterocycles. The molecule has 0 saturated heterocycles. The zero-order chi connectivity index (χ0) is 12.0. The number of aliphatic hydroxyl groups excluding tert-OH is 2. The molecule has 0 amide bonds. The lowest BCUT2D eigenvalue weighted by Crippen LogP contribution is -2.24. The van der Waals surface area contributed by atoms with Gasteiger partial charge in [0.05, 0.1) is 12.7 Å². The maximum absolute atomic E-state index is 9.21. The Bertz CT molecular complexity index is 333. The fourth-order valence-electron chi connectivity index (χ4n) is 1.14. The molecule has 6 nitrogen and oxygen atoms in total. The first-order chi connectivity index (χ1) is 7.67. The van der Waals surface area contributed by atoms with Crippen LogP contribution in [-0.4, -0.2) is 46.0 Å². The predicted octanol–water partition coefficient (Wildman–Crippen LogP) is -0.0181. The van der Waals surface area contributed by atoms with Crippen molar-refractivity contribution in [1.82, 2.24) is 9.97 Å². The standard InChI is InChI=1S/C10H18N4O2/c1-3-11-10-13-4-7(2)9(14-10)12-5-8(16)6-15/h4,8,15-16H,3,5-6H2,1-2H3,(H2,11,12,13,14). The SMILES string of the molecule is CCNc1ncc(C)c(NCC(O)CO)n1. The molecular formula is C10H18N4O2. The van der Waals surface area contributed by atoms with Gasteiger partial charge in [-0.2, -0.15) is 4.98 Å². The molecule has 6 heteroatoms. The molecule has 90 valence electrons. The number of aryl methyl sites for hydroxylation is 1. The van der Waals surface area contributed by atoms with Crippen molar-refractivity contribution < 1.29 is 10.2 Å². The molecule has 0 aliphatic rings. The molecule has 1 aromatic rings. The fraction of sp³-hybridized carbons (Fsp3) is 0.600. The number of aromatic nitrogens is 2. The number of aliphatic hydroxyl groups is 2. The molecule has 0 radical (unpaired) electrons. The lowest BCUT2D eigenvalue weighted by Gasteiger charge is -2.12. The summed E-state index contributed by atoms with van der Waals surface area (Å²) in [4.78, 5) is 8.34. The third-order valence-electron chi connectivity index (χ3n) is 2.02. The second-order valence-corrected chi connectivity index (χ2v) is 3.47. The summed E-state index contributed by atoms with van der Waals surface area (Å²) >= 11 is 0. The molecule has 1 rings (SSSR count). The van der Waals surface area contributed by atoms with Gasteiger partial charge in [-0.05, 0) is 13.8 Å². The van der Waals surface area contributed by atoms with Crippen LogP contribution in [0.3, 0.4) is 0 Å². The van der Waals surface area contributed by atoms with Crippen LogP contribution < -0.4 is 10.6 Å². The third-order valence-corrected chi connectivity index (χ3v) is 2.02. The molecule has 0 aromatic carbocycles. The Morgan fingerprint density at radius 2 is 2.19 bits per heavy atom. The average Bonchev–Trinajstić information content (AvgIpc) is 2.29. The van der Waals surface area contributed by atoms with Gasteiger partial charge in [0.15, 0.2) is 0 Å². The first-order valence-electron chi connectivity index (χ1n) is 5.27. The van der Waals surface area contributed by atoms with Gasteiger partial charge in [0.25, 0.3) is 0 Å². The molecule has 0 bridgehead atoms. The highest BCUT2D eigenvalue weighted by Crippen LogP contribution is 2.12. The third kappa shape index (κ3) is 3.63. The van der Waals surface area contributed by atoms with E-state index in [1.54, 1.807) is 6.20 Å². The van der Waals surface area contributed by atoms with Crippen LogP contribution in [0.1, 0.15) is 12.5 Å². The summed E-state index contributed by atoms with van der Waals surface area (Å²) in [6, 6.07) is 0. The van der Waals surface area contributed by atoms with Crippen LogP contribution in [-0.2, 0) is 0 Å². The molecule has 1 aromatic heterocycles. The highest BCUT2D eigenvalue weighted by Gasteiger charge is 2.05. The zero-order valence-corrected chi connectivity index (χ0v) is 9.56. The van der Waals surface area contributed by atoms with Crippen LogP contribution in [0.2, 0.25) is 0 Å². The van der Waals surface area contributed by atoms with Crippen LogP contribution in [0.25, 0.3) is 0 Å². The number of anilines is 2. The molecule has 1 unspecified atom stereocenters. The number of hydrogen-bond donors (Lipinski definition) is 4. The Labute approximate surface area is 94.7 Å². The minimum Gasteiger partial charge on any atom is -0.394 e. The van der Waals surface area contributed by atoms with Crippen molar-refractivity contribution in [1.29, 1.82) is 0 Å². The second-order valence-electron chi connectivity index (χ2n) is 3.47. The smallest absolute Gasteiger partial charge is 0.224 e. The van der Waals surface area contributed by atoms with E-state index in [-0.39, 0.29) is 13.2 Å². The van der Waals surface area contributed by atoms with Gasteiger partial charge in [0.2, 0.25) is 5.95 Å². The summed E-state index contributed by atoms with van der Waals surface area (Å²) in [5.74, 6) is 1.22. The number of rotatable bonds is 6. The van der Waals surface area contributed by atoms with Crippen molar-refractivity contribution in [3.05, 3.63) is 11.8 Å². The fourth-order valence-corrected chi connectivity index (χ4v) is 1.14. The molecule has 0 fully saturated rings. The van der Waals surface area contributed by atoms with E-state index >= 15 is 0 Å². The Kier molecular flexibility index (Phi) is 4.94. The van der Waals surface area contributed by atoms with Crippen molar-refractivity contribution in [2.75, 3.05) is 30.3 Å². The lowest BCUT2D eigenvalue weighted by molar-refractivity contribution is 0.105. The van der Waals surface area contributed by atoms with Gasteiger partial charge in [0, 0.05) is 24.8 Å². The maximum Gasteiger partial charge on any atom is 0.224 e. The highest BCUT2D eigenvalue weighted by molar-refractivity contribution is 5.46. The summed E-state index contributed by atoms with van der Waals surface area (Å²) < 4.78 is 0. The van der Waals surface area contributed by atoms with Crippen LogP contribution in [0.4, 0.5) is 11.8 Å². The Morgan fingerprint density at radius 1 is 1.44 bits per heavy atom. The number of hydrogen-bond acceptors (Lipinski definition) is 6. The molecule has 0 saturated carbocycles. The maximum atomic E-state index is 9.21. The van der Waals surface area contributed by atoms with E-state index in [0.717, 1.165) is 12.1 Å². The van der Waals surface area contributed by atoms with Crippen LogP contribution in [0.5, 0.6) is 0 Å². The van der Waals surface area contributed by atoms with Gasteiger partial charge in [-0.15, -0.1) is 0 Å². The van der Waals surface area contributed by atoms with Crippen molar-refractivity contribution in [2.24, 2.45) is 0 Å². The number of nitrogens with zero attached hydrogens (tertiary/aromatic N) is 2. The van der Waals surface area contributed by atoms with Gasteiger partial charge in [-0.1, -0.05) is 0 Å². The van der Waals surface area contributed by atoms with Gasteiger partial charge in [-0.3, -0.25) is 0 Å². The molecule has 4 N–H and O–H groups in total. The molecule has 1 atom stereocenters. The van der Waals surface area contributed by atoms with E-state index in [0.29, 0.717) is 11.8 Å². The summed E-state index contributed by atoms with van der Waals surface area (Å²) in [5.41, 5.74) is 0.895. The first kappa shape index (κ1) is 12.7. The monoisotopic (exact) mass is 226 g/mol. The van der Waals surface area contributed by atoms with E-state index in [2.05, 4.69) is 20.6 Å². The lowest BCUT2D eigenvalue weighted by atomic mass is 10.3. The normalized spacial score (nSPS) is 12.2. The molecule has 16 heavy (non-hydrogen) atoms. The Morgan fingerprint density at radius 3 is 2.81 bits per heavy atom. The van der Waals surface area contributed by atoms with E-state index in [9.17, 15) is 5.11 Å². The van der Waals surface area contributed by atoms with E-state index in [1.807, 2.05) is 13.8 Å². The van der Waals surface area contributed by atoms with E-state index in [1.165, 1.54) is 0 Å². The van der Waals surface area contributed by atoms with Gasteiger partial charge >= 0.3 is 0 Å². The Balaban J connectivity index is 2.66. The first-order valence-corrected chi connectivity index (χ1v) is 5.27. The minimum absolute atomic E-state index is 0.264. The molecule has 0 aliphatic heterocycles. The van der Waals surface area contributed by atoms with E-state index in [4.69, 9.17) is 5.11 Å². The topological polar surface area (TPSA) is 90.3 Å². The Hall–Kier alpha value is -1.40. The van der Waals surface area contributed by atoms with Gasteiger partial charge in [-0.25, -0.2) is 4.98 Å². The van der Waals surface area contributed by atoms with Crippen LogP contribution >= 0.6 is 0 Å². The minimum atomic E-state index is -0.781. The average molecular weight is 226 g/mol. The van der Waals surface area contributed by atoms with Crippen molar-refractivity contribution in [3.8, 4) is 0 Å². The zero-order valence-electron chi connectivity index (χ0n) is 9.56. The summed E-state index contributed by atoms with van der Waals surface area (Å²) in [7, 11) is 0. The summed E-state index contributed by atoms with van der Waals surface area (Å²) in [6.45, 7) is 4.59.